The molecule has 0 aromatic rings. The minimum Gasteiger partial charge on any atom is -0.359 e. The lowest BCUT2D eigenvalue weighted by atomic mass is 10.1. The standard InChI is InChI=1S/C13H25NO3/c1-5-6-7-8-9-11(15)14-12(16-4)10-17-13(14,2)3/h12H,5-10H2,1-4H3/t12-/m1/s1. The van der Waals surface area contributed by atoms with E-state index in [1.165, 1.54) is 12.8 Å². The van der Waals surface area contributed by atoms with Gasteiger partial charge in [-0.25, -0.2) is 0 Å². The number of rotatable bonds is 6. The highest BCUT2D eigenvalue weighted by molar-refractivity contribution is 5.77. The number of hydrogen-bond donors (Lipinski definition) is 0. The van der Waals surface area contributed by atoms with Crippen LogP contribution < -0.4 is 0 Å². The molecule has 1 heterocycles. The van der Waals surface area contributed by atoms with Crippen LogP contribution in [0.15, 0.2) is 0 Å². The van der Waals surface area contributed by atoms with Crippen molar-refractivity contribution in [1.82, 2.24) is 4.90 Å². The maximum Gasteiger partial charge on any atom is 0.226 e. The summed E-state index contributed by atoms with van der Waals surface area (Å²) in [6.45, 7) is 6.45. The summed E-state index contributed by atoms with van der Waals surface area (Å²) in [6, 6.07) is 0. The molecule has 4 heteroatoms. The van der Waals surface area contributed by atoms with Gasteiger partial charge in [0.25, 0.3) is 0 Å². The lowest BCUT2D eigenvalue weighted by molar-refractivity contribution is -0.154. The second-order valence-corrected chi connectivity index (χ2v) is 5.02. The Hall–Kier alpha value is -0.610. The van der Waals surface area contributed by atoms with Gasteiger partial charge in [-0.3, -0.25) is 9.69 Å². The fourth-order valence-corrected chi connectivity index (χ4v) is 2.22. The molecule has 0 bridgehead atoms. The molecule has 1 saturated heterocycles. The first-order chi connectivity index (χ1) is 8.03. The number of methoxy groups -OCH3 is 1. The molecule has 0 aliphatic carbocycles. The Morgan fingerprint density at radius 2 is 2.12 bits per heavy atom. The van der Waals surface area contributed by atoms with Crippen molar-refractivity contribution in [2.75, 3.05) is 13.7 Å². The number of carbonyl (C=O) groups excluding carboxylic acids is 1. The van der Waals surface area contributed by atoms with Crippen molar-refractivity contribution in [1.29, 1.82) is 0 Å². The summed E-state index contributed by atoms with van der Waals surface area (Å²) in [5, 5.41) is 0. The molecule has 1 atom stereocenters. The topological polar surface area (TPSA) is 38.8 Å². The third-order valence-corrected chi connectivity index (χ3v) is 3.23. The molecule has 1 aliphatic rings. The third kappa shape index (κ3) is 3.68. The normalized spacial score (nSPS) is 23.1. The van der Waals surface area contributed by atoms with Gasteiger partial charge in [-0.1, -0.05) is 26.2 Å². The number of nitrogens with zero attached hydrogens (tertiary/aromatic N) is 1. The molecule has 0 N–H and O–H groups in total. The van der Waals surface area contributed by atoms with Crippen molar-refractivity contribution >= 4 is 5.91 Å². The number of hydrogen-bond acceptors (Lipinski definition) is 3. The predicted molar refractivity (Wildman–Crippen MR) is 66.4 cm³/mol. The van der Waals surface area contributed by atoms with E-state index >= 15 is 0 Å². The first-order valence-corrected chi connectivity index (χ1v) is 6.52. The maximum absolute atomic E-state index is 12.2. The van der Waals surface area contributed by atoms with Gasteiger partial charge >= 0.3 is 0 Å². The van der Waals surface area contributed by atoms with E-state index in [9.17, 15) is 4.79 Å². The van der Waals surface area contributed by atoms with Gasteiger partial charge in [0.2, 0.25) is 5.91 Å². The molecule has 0 saturated carbocycles. The fraction of sp³-hybridized carbons (Fsp3) is 0.923. The molecule has 0 radical (unpaired) electrons. The first-order valence-electron chi connectivity index (χ1n) is 6.52. The summed E-state index contributed by atoms with van der Waals surface area (Å²) in [4.78, 5) is 13.9. The largest absolute Gasteiger partial charge is 0.359 e. The SMILES string of the molecule is CCCCCCC(=O)N1[C@H](OC)COC1(C)C. The second kappa shape index (κ2) is 6.36. The summed E-state index contributed by atoms with van der Waals surface area (Å²) in [6.07, 6.45) is 4.81. The van der Waals surface area contributed by atoms with Crippen LogP contribution in [0.2, 0.25) is 0 Å². The van der Waals surface area contributed by atoms with Gasteiger partial charge < -0.3 is 9.47 Å². The maximum atomic E-state index is 12.2. The van der Waals surface area contributed by atoms with Crippen molar-refractivity contribution in [3.63, 3.8) is 0 Å². The van der Waals surface area contributed by atoms with Crippen LogP contribution in [0.5, 0.6) is 0 Å². The molecule has 17 heavy (non-hydrogen) atoms. The average Bonchev–Trinajstić information content (AvgIpc) is 2.59. The van der Waals surface area contributed by atoms with E-state index in [4.69, 9.17) is 9.47 Å². The van der Waals surface area contributed by atoms with E-state index in [1.54, 1.807) is 12.0 Å². The van der Waals surface area contributed by atoms with Crippen LogP contribution in [-0.4, -0.2) is 36.5 Å². The van der Waals surface area contributed by atoms with Gasteiger partial charge in [0.1, 0.15) is 5.72 Å². The molecule has 1 aliphatic heterocycles. The number of carbonyl (C=O) groups is 1. The monoisotopic (exact) mass is 243 g/mol. The first kappa shape index (κ1) is 14.5. The van der Waals surface area contributed by atoms with Crippen LogP contribution in [0, 0.1) is 0 Å². The number of unbranched alkanes of at least 4 members (excludes halogenated alkanes) is 3. The highest BCUT2D eigenvalue weighted by Crippen LogP contribution is 2.28. The fourth-order valence-electron chi connectivity index (χ4n) is 2.22. The molecule has 1 amide bonds. The van der Waals surface area contributed by atoms with Gasteiger partial charge in [-0.05, 0) is 20.3 Å². The summed E-state index contributed by atoms with van der Waals surface area (Å²) < 4.78 is 10.9. The van der Waals surface area contributed by atoms with E-state index in [-0.39, 0.29) is 12.1 Å². The number of ether oxygens (including phenoxy) is 2. The lowest BCUT2D eigenvalue weighted by Crippen LogP contribution is -2.48. The van der Waals surface area contributed by atoms with Crippen molar-refractivity contribution in [2.45, 2.75) is 64.8 Å². The molecule has 0 aromatic heterocycles. The highest BCUT2D eigenvalue weighted by Gasteiger charge is 2.43. The average molecular weight is 243 g/mol. The highest BCUT2D eigenvalue weighted by atomic mass is 16.6. The van der Waals surface area contributed by atoms with Gasteiger partial charge in [0.05, 0.1) is 6.61 Å². The van der Waals surface area contributed by atoms with E-state index in [0.29, 0.717) is 13.0 Å². The van der Waals surface area contributed by atoms with Crippen LogP contribution in [0.1, 0.15) is 52.9 Å². The zero-order valence-corrected chi connectivity index (χ0v) is 11.5. The molecule has 0 unspecified atom stereocenters. The Balaban J connectivity index is 2.47. The molecule has 1 rings (SSSR count). The van der Waals surface area contributed by atoms with E-state index < -0.39 is 5.72 Å². The van der Waals surface area contributed by atoms with Gasteiger partial charge in [0.15, 0.2) is 6.23 Å². The van der Waals surface area contributed by atoms with Crippen molar-refractivity contribution in [2.24, 2.45) is 0 Å². The lowest BCUT2D eigenvalue weighted by Gasteiger charge is -2.32. The van der Waals surface area contributed by atoms with Crippen LogP contribution in [-0.2, 0) is 14.3 Å². The molecular weight excluding hydrogens is 218 g/mol. The van der Waals surface area contributed by atoms with E-state index in [0.717, 1.165) is 12.8 Å². The molecule has 0 aromatic carbocycles. The molecule has 1 fully saturated rings. The second-order valence-electron chi connectivity index (χ2n) is 5.02. The van der Waals surface area contributed by atoms with Crippen molar-refractivity contribution in [3.8, 4) is 0 Å². The quantitative estimate of drug-likeness (QED) is 0.673. The third-order valence-electron chi connectivity index (χ3n) is 3.23. The molecule has 100 valence electrons. The minimum absolute atomic E-state index is 0.135. The molecular formula is C13H25NO3. The Kier molecular flexibility index (Phi) is 5.40. The Labute approximate surface area is 104 Å². The van der Waals surface area contributed by atoms with Crippen molar-refractivity contribution in [3.05, 3.63) is 0 Å². The predicted octanol–water partition coefficient (Wildman–Crippen LogP) is 2.52. The van der Waals surface area contributed by atoms with Crippen LogP contribution >= 0.6 is 0 Å². The van der Waals surface area contributed by atoms with E-state index in [2.05, 4.69) is 6.92 Å². The number of amides is 1. The van der Waals surface area contributed by atoms with Crippen LogP contribution in [0.25, 0.3) is 0 Å². The van der Waals surface area contributed by atoms with Crippen LogP contribution in [0.4, 0.5) is 0 Å². The van der Waals surface area contributed by atoms with Gasteiger partial charge in [-0.2, -0.15) is 0 Å². The summed E-state index contributed by atoms with van der Waals surface area (Å²) in [5.74, 6) is 0.135. The zero-order valence-electron chi connectivity index (χ0n) is 11.5. The van der Waals surface area contributed by atoms with E-state index in [1.807, 2.05) is 13.8 Å². The van der Waals surface area contributed by atoms with Gasteiger partial charge in [-0.15, -0.1) is 0 Å². The summed E-state index contributed by atoms with van der Waals surface area (Å²) in [5.41, 5.74) is -0.539. The zero-order chi connectivity index (χ0) is 12.9. The Morgan fingerprint density at radius 1 is 1.41 bits per heavy atom. The smallest absolute Gasteiger partial charge is 0.226 e. The van der Waals surface area contributed by atoms with Gasteiger partial charge in [0, 0.05) is 13.5 Å². The molecule has 0 spiro atoms. The van der Waals surface area contributed by atoms with Crippen LogP contribution in [0.3, 0.4) is 0 Å². The minimum atomic E-state index is -0.539. The Bertz CT molecular complexity index is 253. The Morgan fingerprint density at radius 3 is 2.71 bits per heavy atom. The molecule has 4 nitrogen and oxygen atoms in total. The summed E-state index contributed by atoms with van der Waals surface area (Å²) >= 11 is 0. The van der Waals surface area contributed by atoms with Crippen molar-refractivity contribution < 1.29 is 14.3 Å². The summed E-state index contributed by atoms with van der Waals surface area (Å²) in [7, 11) is 1.62.